The third kappa shape index (κ3) is 3.83. The van der Waals surface area contributed by atoms with E-state index in [9.17, 15) is 0 Å². The molecule has 0 radical (unpaired) electrons. The van der Waals surface area contributed by atoms with Crippen molar-refractivity contribution in [2.75, 3.05) is 13.2 Å². The molecule has 0 amide bonds. The molecule has 1 N–H and O–H groups in total. The van der Waals surface area contributed by atoms with Gasteiger partial charge in [-0.1, -0.05) is 19.3 Å². The van der Waals surface area contributed by atoms with E-state index in [1.807, 2.05) is 0 Å². The minimum Gasteiger partial charge on any atom is -0.375 e. The van der Waals surface area contributed by atoms with Gasteiger partial charge in [0.15, 0.2) is 0 Å². The number of rotatable bonds is 6. The Morgan fingerprint density at radius 1 is 1.20 bits per heavy atom. The van der Waals surface area contributed by atoms with Gasteiger partial charge in [0.05, 0.1) is 18.3 Å². The van der Waals surface area contributed by atoms with Gasteiger partial charge in [-0.2, -0.15) is 5.10 Å². The highest BCUT2D eigenvalue weighted by Crippen LogP contribution is 2.28. The number of nitrogens with one attached hydrogen (secondary N) is 1. The summed E-state index contributed by atoms with van der Waals surface area (Å²) >= 11 is 0. The van der Waals surface area contributed by atoms with Gasteiger partial charge in [0.2, 0.25) is 0 Å². The predicted molar refractivity (Wildman–Crippen MR) is 79.6 cm³/mol. The smallest absolute Gasteiger partial charge is 0.0906 e. The van der Waals surface area contributed by atoms with E-state index in [-0.39, 0.29) is 0 Å². The molecule has 1 unspecified atom stereocenters. The van der Waals surface area contributed by atoms with Gasteiger partial charge in [0, 0.05) is 18.8 Å². The number of hydrogen-bond acceptors (Lipinski definition) is 3. The summed E-state index contributed by atoms with van der Waals surface area (Å²) in [7, 11) is 0. The van der Waals surface area contributed by atoms with Gasteiger partial charge in [-0.3, -0.25) is 4.68 Å². The first-order valence-electron chi connectivity index (χ1n) is 8.27. The molecule has 0 spiro atoms. The van der Waals surface area contributed by atoms with Crippen molar-refractivity contribution >= 4 is 0 Å². The van der Waals surface area contributed by atoms with Crippen molar-refractivity contribution in [1.29, 1.82) is 0 Å². The number of piperidine rings is 1. The van der Waals surface area contributed by atoms with E-state index in [0.717, 1.165) is 18.7 Å². The van der Waals surface area contributed by atoms with Crippen molar-refractivity contribution in [2.45, 2.75) is 70.1 Å². The van der Waals surface area contributed by atoms with E-state index < -0.39 is 0 Å². The standard InChI is InChI=1S/C16H27N3O/c1-2-7-16(6-1)19-11-8-15(18-19)13-20-12-9-14-5-3-4-10-17-14/h8,11,14,16-17H,1-7,9-10,12-13H2. The SMILES string of the molecule is c1cn(C2CCCC2)nc1COCCC1CCCCN1. The normalized spacial score (nSPS) is 24.3. The molecular weight excluding hydrogens is 250 g/mol. The van der Waals surface area contributed by atoms with Crippen LogP contribution in [0.4, 0.5) is 0 Å². The second-order valence-corrected chi connectivity index (χ2v) is 6.21. The molecular formula is C16H27N3O. The fourth-order valence-electron chi connectivity index (χ4n) is 3.40. The van der Waals surface area contributed by atoms with Crippen LogP contribution in [0.2, 0.25) is 0 Å². The summed E-state index contributed by atoms with van der Waals surface area (Å²) in [5.41, 5.74) is 1.08. The van der Waals surface area contributed by atoms with Crippen LogP contribution in [0.3, 0.4) is 0 Å². The van der Waals surface area contributed by atoms with Gasteiger partial charge in [0.1, 0.15) is 0 Å². The third-order valence-corrected chi connectivity index (χ3v) is 4.64. The molecule has 0 bridgehead atoms. The van der Waals surface area contributed by atoms with Crippen LogP contribution in [0.25, 0.3) is 0 Å². The Morgan fingerprint density at radius 2 is 2.05 bits per heavy atom. The molecule has 1 saturated heterocycles. The molecule has 2 fully saturated rings. The molecule has 4 nitrogen and oxygen atoms in total. The molecule has 20 heavy (non-hydrogen) atoms. The predicted octanol–water partition coefficient (Wildman–Crippen LogP) is 3.05. The van der Waals surface area contributed by atoms with Gasteiger partial charge >= 0.3 is 0 Å². The minimum absolute atomic E-state index is 0.634. The van der Waals surface area contributed by atoms with Crippen LogP contribution in [-0.4, -0.2) is 29.0 Å². The molecule has 2 heterocycles. The summed E-state index contributed by atoms with van der Waals surface area (Å²) < 4.78 is 7.93. The fourth-order valence-corrected chi connectivity index (χ4v) is 3.40. The van der Waals surface area contributed by atoms with Crippen molar-refractivity contribution in [3.05, 3.63) is 18.0 Å². The second kappa shape index (κ2) is 7.23. The van der Waals surface area contributed by atoms with E-state index >= 15 is 0 Å². The Morgan fingerprint density at radius 3 is 2.85 bits per heavy atom. The average molecular weight is 277 g/mol. The van der Waals surface area contributed by atoms with Gasteiger partial charge in [-0.15, -0.1) is 0 Å². The van der Waals surface area contributed by atoms with Crippen molar-refractivity contribution < 1.29 is 4.74 Å². The van der Waals surface area contributed by atoms with Gasteiger partial charge in [-0.05, 0) is 44.7 Å². The lowest BCUT2D eigenvalue weighted by Crippen LogP contribution is -2.34. The van der Waals surface area contributed by atoms with Crippen LogP contribution in [0.15, 0.2) is 12.3 Å². The average Bonchev–Trinajstić information content (AvgIpc) is 3.15. The van der Waals surface area contributed by atoms with Crippen molar-refractivity contribution in [3.63, 3.8) is 0 Å². The third-order valence-electron chi connectivity index (χ3n) is 4.64. The number of aromatic nitrogens is 2. The number of hydrogen-bond donors (Lipinski definition) is 1. The minimum atomic E-state index is 0.634. The van der Waals surface area contributed by atoms with E-state index in [4.69, 9.17) is 4.74 Å². The van der Waals surface area contributed by atoms with Crippen LogP contribution in [0, 0.1) is 0 Å². The summed E-state index contributed by atoms with van der Waals surface area (Å²) in [6.45, 7) is 2.68. The van der Waals surface area contributed by atoms with Crippen molar-refractivity contribution in [2.24, 2.45) is 0 Å². The van der Waals surface area contributed by atoms with Crippen molar-refractivity contribution in [1.82, 2.24) is 15.1 Å². The quantitative estimate of drug-likeness (QED) is 0.812. The maximum Gasteiger partial charge on any atom is 0.0906 e. The van der Waals surface area contributed by atoms with Crippen LogP contribution in [-0.2, 0) is 11.3 Å². The molecule has 1 aliphatic heterocycles. The largest absolute Gasteiger partial charge is 0.375 e. The number of nitrogens with zero attached hydrogens (tertiary/aromatic N) is 2. The zero-order chi connectivity index (χ0) is 13.6. The lowest BCUT2D eigenvalue weighted by atomic mass is 10.0. The lowest BCUT2D eigenvalue weighted by molar-refractivity contribution is 0.105. The molecule has 1 saturated carbocycles. The molecule has 1 aromatic rings. The topological polar surface area (TPSA) is 39.1 Å². The van der Waals surface area contributed by atoms with Crippen LogP contribution >= 0.6 is 0 Å². The van der Waals surface area contributed by atoms with E-state index in [1.54, 1.807) is 0 Å². The zero-order valence-corrected chi connectivity index (χ0v) is 12.4. The Balaban J connectivity index is 1.35. The van der Waals surface area contributed by atoms with Crippen molar-refractivity contribution in [3.8, 4) is 0 Å². The molecule has 1 aliphatic carbocycles. The Labute approximate surface area is 121 Å². The molecule has 1 atom stereocenters. The molecule has 3 rings (SSSR count). The monoisotopic (exact) mass is 277 g/mol. The first-order valence-corrected chi connectivity index (χ1v) is 8.27. The summed E-state index contributed by atoms with van der Waals surface area (Å²) in [4.78, 5) is 0. The first-order chi connectivity index (χ1) is 9.92. The summed E-state index contributed by atoms with van der Waals surface area (Å²) in [5, 5.41) is 8.21. The highest BCUT2D eigenvalue weighted by atomic mass is 16.5. The van der Waals surface area contributed by atoms with E-state index in [2.05, 4.69) is 27.4 Å². The zero-order valence-electron chi connectivity index (χ0n) is 12.4. The van der Waals surface area contributed by atoms with E-state index in [0.29, 0.717) is 18.7 Å². The highest BCUT2D eigenvalue weighted by molar-refractivity contribution is 4.98. The van der Waals surface area contributed by atoms with Gasteiger partial charge < -0.3 is 10.1 Å². The number of ether oxygens (including phenoxy) is 1. The molecule has 0 aromatic carbocycles. The van der Waals surface area contributed by atoms with Crippen LogP contribution in [0.5, 0.6) is 0 Å². The summed E-state index contributed by atoms with van der Waals surface area (Å²) in [6, 6.07) is 3.41. The maximum absolute atomic E-state index is 5.78. The molecule has 112 valence electrons. The maximum atomic E-state index is 5.78. The van der Waals surface area contributed by atoms with Crippen LogP contribution < -0.4 is 5.32 Å². The lowest BCUT2D eigenvalue weighted by Gasteiger charge is -2.23. The van der Waals surface area contributed by atoms with Crippen LogP contribution in [0.1, 0.15) is 63.1 Å². The molecule has 4 heteroatoms. The van der Waals surface area contributed by atoms with Gasteiger partial charge in [0.25, 0.3) is 0 Å². The Kier molecular flexibility index (Phi) is 5.09. The second-order valence-electron chi connectivity index (χ2n) is 6.21. The fraction of sp³-hybridized carbons (Fsp3) is 0.812. The Hall–Kier alpha value is -0.870. The molecule has 1 aromatic heterocycles. The highest BCUT2D eigenvalue weighted by Gasteiger charge is 2.17. The van der Waals surface area contributed by atoms with E-state index in [1.165, 1.54) is 51.5 Å². The Bertz CT molecular complexity index is 392. The van der Waals surface area contributed by atoms with Gasteiger partial charge in [-0.25, -0.2) is 0 Å². The molecule has 2 aliphatic rings. The summed E-state index contributed by atoms with van der Waals surface area (Å²) in [5.74, 6) is 0. The summed E-state index contributed by atoms with van der Waals surface area (Å²) in [6.07, 6.45) is 12.5. The first kappa shape index (κ1) is 14.1.